The van der Waals surface area contributed by atoms with E-state index in [0.29, 0.717) is 19.0 Å². The molecule has 0 fully saturated rings. The molecule has 0 radical (unpaired) electrons. The fourth-order valence-corrected chi connectivity index (χ4v) is 3.73. The van der Waals surface area contributed by atoms with Gasteiger partial charge in [0.15, 0.2) is 11.6 Å². The summed E-state index contributed by atoms with van der Waals surface area (Å²) in [6, 6.07) is 12.7. The lowest BCUT2D eigenvalue weighted by Crippen LogP contribution is -2.33. The first-order chi connectivity index (χ1) is 15.4. The molecule has 0 bridgehead atoms. The van der Waals surface area contributed by atoms with Crippen LogP contribution < -0.4 is 4.74 Å². The molecule has 0 aliphatic heterocycles. The van der Waals surface area contributed by atoms with Crippen LogP contribution in [0.5, 0.6) is 11.6 Å². The molecule has 172 valence electrons. The molecule has 2 aromatic carbocycles. The highest BCUT2D eigenvalue weighted by Crippen LogP contribution is 2.33. The van der Waals surface area contributed by atoms with E-state index in [2.05, 4.69) is 16.9 Å². The van der Waals surface area contributed by atoms with Gasteiger partial charge in [-0.25, -0.2) is 13.5 Å². The number of aryl methyl sites for hydroxylation is 1. The summed E-state index contributed by atoms with van der Waals surface area (Å²) in [6.07, 6.45) is 2.14. The number of halogens is 2. The molecule has 1 atom stereocenters. The van der Waals surface area contributed by atoms with Crippen molar-refractivity contribution < 1.29 is 18.6 Å². The minimum absolute atomic E-state index is 0.0715. The molecule has 0 saturated heterocycles. The number of para-hydroxylation sites is 1. The van der Waals surface area contributed by atoms with Crippen molar-refractivity contribution in [2.75, 3.05) is 13.1 Å². The quantitative estimate of drug-likeness (QED) is 0.418. The molecule has 0 saturated carbocycles. The van der Waals surface area contributed by atoms with Crippen molar-refractivity contribution in [2.24, 2.45) is 0 Å². The maximum Gasteiger partial charge on any atom is 0.227 e. The number of ether oxygens (including phenoxy) is 1. The molecule has 1 N–H and O–H groups in total. The SMILES string of the molecule is CCCC(O)CN(CCC)Cc1c(C)nn(-c2ccccc2)c1Oc1ccc(F)cc1F. The Morgan fingerprint density at radius 1 is 1.09 bits per heavy atom. The fraction of sp³-hybridized carbons (Fsp3) is 0.400. The van der Waals surface area contributed by atoms with Gasteiger partial charge in [0.05, 0.1) is 23.0 Å². The predicted octanol–water partition coefficient (Wildman–Crippen LogP) is 5.62. The van der Waals surface area contributed by atoms with Gasteiger partial charge in [0.2, 0.25) is 5.88 Å². The highest BCUT2D eigenvalue weighted by molar-refractivity contribution is 5.43. The lowest BCUT2D eigenvalue weighted by atomic mass is 10.1. The number of benzene rings is 2. The molecule has 1 unspecified atom stereocenters. The smallest absolute Gasteiger partial charge is 0.227 e. The topological polar surface area (TPSA) is 50.5 Å². The second-order valence-corrected chi connectivity index (χ2v) is 7.97. The van der Waals surface area contributed by atoms with E-state index in [-0.39, 0.29) is 5.75 Å². The Bertz CT molecular complexity index is 1010. The van der Waals surface area contributed by atoms with E-state index >= 15 is 0 Å². The van der Waals surface area contributed by atoms with Crippen LogP contribution in [0.3, 0.4) is 0 Å². The van der Waals surface area contributed by atoms with Gasteiger partial charge in [-0.1, -0.05) is 38.5 Å². The molecule has 7 heteroatoms. The van der Waals surface area contributed by atoms with Crippen LogP contribution in [-0.4, -0.2) is 39.0 Å². The number of rotatable bonds is 11. The summed E-state index contributed by atoms with van der Waals surface area (Å²) >= 11 is 0. The largest absolute Gasteiger partial charge is 0.435 e. The van der Waals surface area contributed by atoms with Crippen LogP contribution in [0.1, 0.15) is 44.4 Å². The summed E-state index contributed by atoms with van der Waals surface area (Å²) in [5.74, 6) is -1.14. The highest BCUT2D eigenvalue weighted by Gasteiger charge is 2.23. The van der Waals surface area contributed by atoms with E-state index in [9.17, 15) is 13.9 Å². The third-order valence-corrected chi connectivity index (χ3v) is 5.25. The third kappa shape index (κ3) is 5.93. The average Bonchev–Trinajstić information content (AvgIpc) is 3.06. The molecule has 3 aromatic rings. The van der Waals surface area contributed by atoms with Crippen LogP contribution in [-0.2, 0) is 6.54 Å². The van der Waals surface area contributed by atoms with Crippen LogP contribution in [0.15, 0.2) is 48.5 Å². The summed E-state index contributed by atoms with van der Waals surface area (Å²) in [5.41, 5.74) is 2.32. The normalized spacial score (nSPS) is 12.3. The number of aromatic nitrogens is 2. The van der Waals surface area contributed by atoms with E-state index < -0.39 is 17.7 Å². The van der Waals surface area contributed by atoms with Gasteiger partial charge >= 0.3 is 0 Å². The van der Waals surface area contributed by atoms with Crippen molar-refractivity contribution in [3.05, 3.63) is 71.4 Å². The zero-order valence-electron chi connectivity index (χ0n) is 18.9. The fourth-order valence-electron chi connectivity index (χ4n) is 3.73. The Kier molecular flexibility index (Phi) is 8.36. The minimum Gasteiger partial charge on any atom is -0.435 e. The highest BCUT2D eigenvalue weighted by atomic mass is 19.1. The van der Waals surface area contributed by atoms with Gasteiger partial charge in [0.25, 0.3) is 0 Å². The maximum atomic E-state index is 14.4. The monoisotopic (exact) mass is 443 g/mol. The zero-order valence-corrected chi connectivity index (χ0v) is 18.9. The van der Waals surface area contributed by atoms with Crippen LogP contribution in [0.4, 0.5) is 8.78 Å². The summed E-state index contributed by atoms with van der Waals surface area (Å²) in [6.45, 7) is 7.83. The number of aliphatic hydroxyl groups is 1. The van der Waals surface area contributed by atoms with Gasteiger partial charge in [-0.15, -0.1) is 0 Å². The van der Waals surface area contributed by atoms with Gasteiger partial charge in [-0.05, 0) is 50.6 Å². The van der Waals surface area contributed by atoms with E-state index in [0.717, 1.165) is 48.8 Å². The van der Waals surface area contributed by atoms with Crippen molar-refractivity contribution in [3.63, 3.8) is 0 Å². The summed E-state index contributed by atoms with van der Waals surface area (Å²) in [4.78, 5) is 2.16. The number of aliphatic hydroxyl groups excluding tert-OH is 1. The lowest BCUT2D eigenvalue weighted by Gasteiger charge is -2.25. The first-order valence-electron chi connectivity index (χ1n) is 11.1. The molecule has 0 aliphatic rings. The van der Waals surface area contributed by atoms with E-state index in [4.69, 9.17) is 4.74 Å². The molecule has 0 aliphatic carbocycles. The lowest BCUT2D eigenvalue weighted by molar-refractivity contribution is 0.100. The molecule has 0 spiro atoms. The van der Waals surface area contributed by atoms with Gasteiger partial charge in [-0.2, -0.15) is 5.10 Å². The molecule has 1 aromatic heterocycles. The van der Waals surface area contributed by atoms with Gasteiger partial charge in [-0.3, -0.25) is 4.90 Å². The molecule has 1 heterocycles. The van der Waals surface area contributed by atoms with Crippen molar-refractivity contribution >= 4 is 0 Å². The number of hydrogen-bond acceptors (Lipinski definition) is 4. The number of nitrogens with zero attached hydrogens (tertiary/aromatic N) is 3. The van der Waals surface area contributed by atoms with Crippen LogP contribution in [0, 0.1) is 18.6 Å². The van der Waals surface area contributed by atoms with E-state index in [1.165, 1.54) is 12.1 Å². The molecule has 3 rings (SSSR count). The van der Waals surface area contributed by atoms with Crippen molar-refractivity contribution in [3.8, 4) is 17.3 Å². The second kappa shape index (κ2) is 11.2. The Morgan fingerprint density at radius 3 is 2.50 bits per heavy atom. The molecular weight excluding hydrogens is 412 g/mol. The molecule has 5 nitrogen and oxygen atoms in total. The van der Waals surface area contributed by atoms with Crippen molar-refractivity contribution in [1.82, 2.24) is 14.7 Å². The summed E-state index contributed by atoms with van der Waals surface area (Å²) in [5, 5.41) is 15.0. The second-order valence-electron chi connectivity index (χ2n) is 7.97. The first-order valence-corrected chi connectivity index (χ1v) is 11.1. The standard InChI is InChI=1S/C25H31F2N3O2/c1-4-9-21(31)16-29(14-5-2)17-22-18(3)28-30(20-10-7-6-8-11-20)25(22)32-24-13-12-19(26)15-23(24)27/h6-8,10-13,15,21,31H,4-5,9,14,16-17H2,1-3H3. The zero-order chi connectivity index (χ0) is 23.1. The summed E-state index contributed by atoms with van der Waals surface area (Å²) in [7, 11) is 0. The Hall–Kier alpha value is -2.77. The van der Waals surface area contributed by atoms with Crippen LogP contribution in [0.2, 0.25) is 0 Å². The van der Waals surface area contributed by atoms with Gasteiger partial charge < -0.3 is 9.84 Å². The van der Waals surface area contributed by atoms with E-state index in [1.807, 2.05) is 44.2 Å². The van der Waals surface area contributed by atoms with E-state index in [1.54, 1.807) is 4.68 Å². The third-order valence-electron chi connectivity index (χ3n) is 5.25. The van der Waals surface area contributed by atoms with Crippen molar-refractivity contribution in [2.45, 2.75) is 52.7 Å². The molecular formula is C25H31F2N3O2. The van der Waals surface area contributed by atoms with Crippen LogP contribution >= 0.6 is 0 Å². The first kappa shape index (κ1) is 23.9. The van der Waals surface area contributed by atoms with Crippen LogP contribution in [0.25, 0.3) is 5.69 Å². The average molecular weight is 444 g/mol. The molecule has 0 amide bonds. The summed E-state index contributed by atoms with van der Waals surface area (Å²) < 4.78 is 35.5. The Morgan fingerprint density at radius 2 is 1.84 bits per heavy atom. The minimum atomic E-state index is -0.779. The predicted molar refractivity (Wildman–Crippen MR) is 121 cm³/mol. The Labute approximate surface area is 188 Å². The number of hydrogen-bond donors (Lipinski definition) is 1. The maximum absolute atomic E-state index is 14.4. The Balaban J connectivity index is 2.01. The van der Waals surface area contributed by atoms with Gasteiger partial charge in [0, 0.05) is 19.2 Å². The van der Waals surface area contributed by atoms with Crippen molar-refractivity contribution in [1.29, 1.82) is 0 Å². The molecule has 32 heavy (non-hydrogen) atoms. The van der Waals surface area contributed by atoms with Gasteiger partial charge in [0.1, 0.15) is 5.82 Å².